The first-order valence-electron chi connectivity index (χ1n) is 6.58. The van der Waals surface area contributed by atoms with Gasteiger partial charge in [-0.3, -0.25) is 4.79 Å². The van der Waals surface area contributed by atoms with Gasteiger partial charge in [-0.05, 0) is 25.5 Å². The summed E-state index contributed by atoms with van der Waals surface area (Å²) in [5.74, 6) is 1.28. The fraction of sp³-hybridized carbons (Fsp3) is 0.571. The van der Waals surface area contributed by atoms with Gasteiger partial charge >= 0.3 is 0 Å². The van der Waals surface area contributed by atoms with E-state index < -0.39 is 0 Å². The number of rotatable bonds is 4. The highest BCUT2D eigenvalue weighted by Crippen LogP contribution is 2.20. The third kappa shape index (κ3) is 3.23. The lowest BCUT2D eigenvalue weighted by molar-refractivity contribution is 0.0775. The molecule has 2 rings (SSSR count). The largest absolute Gasteiger partial charge is 0.384 e. The van der Waals surface area contributed by atoms with Crippen LogP contribution in [-0.2, 0) is 4.74 Å². The molecule has 104 valence electrons. The molecule has 5 nitrogen and oxygen atoms in total. The van der Waals surface area contributed by atoms with Crippen molar-refractivity contribution < 1.29 is 9.53 Å². The Hall–Kier alpha value is -1.62. The number of ether oxygens (including phenoxy) is 1. The molecule has 1 aliphatic heterocycles. The van der Waals surface area contributed by atoms with Gasteiger partial charge in [-0.2, -0.15) is 0 Å². The number of hydrogen-bond donors (Lipinski definition) is 1. The quantitative estimate of drug-likeness (QED) is 0.895. The Morgan fingerprint density at radius 1 is 1.58 bits per heavy atom. The van der Waals surface area contributed by atoms with E-state index in [1.807, 2.05) is 17.9 Å². The molecule has 0 aliphatic carbocycles. The van der Waals surface area contributed by atoms with Crippen molar-refractivity contribution in [3.63, 3.8) is 0 Å². The number of pyridine rings is 1. The van der Waals surface area contributed by atoms with E-state index in [9.17, 15) is 4.79 Å². The minimum atomic E-state index is 0.0839. The first kappa shape index (κ1) is 13.8. The molecular formula is C14H21N3O2. The fourth-order valence-corrected chi connectivity index (χ4v) is 2.49. The normalized spacial score (nSPS) is 18.7. The smallest absolute Gasteiger partial charge is 0.254 e. The van der Waals surface area contributed by atoms with Gasteiger partial charge in [0.2, 0.25) is 0 Å². The van der Waals surface area contributed by atoms with E-state index in [2.05, 4.69) is 10.3 Å². The second kappa shape index (κ2) is 6.02. The lowest BCUT2D eigenvalue weighted by Crippen LogP contribution is -2.29. The number of amides is 1. The van der Waals surface area contributed by atoms with Gasteiger partial charge in [0.15, 0.2) is 0 Å². The zero-order valence-electron chi connectivity index (χ0n) is 11.8. The zero-order valence-corrected chi connectivity index (χ0v) is 11.8. The van der Waals surface area contributed by atoms with Crippen molar-refractivity contribution in [3.8, 4) is 0 Å². The molecule has 1 N–H and O–H groups in total. The maximum absolute atomic E-state index is 12.4. The molecule has 5 heteroatoms. The summed E-state index contributed by atoms with van der Waals surface area (Å²) in [4.78, 5) is 18.7. The second-order valence-electron chi connectivity index (χ2n) is 4.99. The predicted octanol–water partition coefficient (Wildman–Crippen LogP) is 1.54. The maximum Gasteiger partial charge on any atom is 0.254 e. The van der Waals surface area contributed by atoms with Crippen LogP contribution in [0.5, 0.6) is 0 Å². The van der Waals surface area contributed by atoms with Crippen molar-refractivity contribution in [1.29, 1.82) is 0 Å². The fourth-order valence-electron chi connectivity index (χ4n) is 2.49. The van der Waals surface area contributed by atoms with E-state index in [1.54, 1.807) is 20.2 Å². The molecule has 1 saturated heterocycles. The summed E-state index contributed by atoms with van der Waals surface area (Å²) in [6, 6.07) is 3.64. The summed E-state index contributed by atoms with van der Waals surface area (Å²) >= 11 is 0. The van der Waals surface area contributed by atoms with Crippen molar-refractivity contribution in [2.45, 2.75) is 13.3 Å². The lowest BCUT2D eigenvalue weighted by atomic mass is 10.1. The number of carbonyl (C=O) groups is 1. The van der Waals surface area contributed by atoms with Crippen molar-refractivity contribution in [1.82, 2.24) is 9.88 Å². The molecule has 0 spiro atoms. The minimum absolute atomic E-state index is 0.0839. The van der Waals surface area contributed by atoms with Crippen molar-refractivity contribution in [2.24, 2.45) is 5.92 Å². The third-order valence-electron chi connectivity index (χ3n) is 3.43. The molecule has 1 atom stereocenters. The van der Waals surface area contributed by atoms with Crippen LogP contribution in [0.1, 0.15) is 22.5 Å². The molecule has 0 radical (unpaired) electrons. The van der Waals surface area contributed by atoms with Crippen LogP contribution in [0.4, 0.5) is 5.82 Å². The molecule has 0 saturated carbocycles. The Kier molecular flexibility index (Phi) is 4.37. The van der Waals surface area contributed by atoms with Crippen LogP contribution in [0.3, 0.4) is 0 Å². The lowest BCUT2D eigenvalue weighted by Gasteiger charge is -2.17. The standard InChI is InChI=1S/C14H21N3O2/c1-10-6-12(7-13(15-2)16-10)14(18)17-5-4-11(8-17)9-19-3/h6-7,11H,4-5,8-9H2,1-3H3,(H,15,16). The van der Waals surface area contributed by atoms with Crippen LogP contribution in [-0.4, -0.2) is 49.6 Å². The number of aryl methyl sites for hydroxylation is 1. The second-order valence-corrected chi connectivity index (χ2v) is 4.99. The van der Waals surface area contributed by atoms with Gasteiger partial charge in [-0.1, -0.05) is 0 Å². The van der Waals surface area contributed by atoms with E-state index in [0.717, 1.165) is 37.6 Å². The van der Waals surface area contributed by atoms with Crippen molar-refractivity contribution in [2.75, 3.05) is 39.2 Å². The summed E-state index contributed by atoms with van der Waals surface area (Å²) in [7, 11) is 3.51. The van der Waals surface area contributed by atoms with Crippen LogP contribution >= 0.6 is 0 Å². The number of nitrogens with one attached hydrogen (secondary N) is 1. The number of carbonyl (C=O) groups excluding carboxylic acids is 1. The van der Waals surface area contributed by atoms with Gasteiger partial charge in [0.1, 0.15) is 5.82 Å². The van der Waals surface area contributed by atoms with Crippen molar-refractivity contribution >= 4 is 11.7 Å². The zero-order chi connectivity index (χ0) is 13.8. The number of methoxy groups -OCH3 is 1. The summed E-state index contributed by atoms with van der Waals surface area (Å²) in [6.07, 6.45) is 1.02. The molecule has 1 amide bonds. The molecule has 1 fully saturated rings. The Morgan fingerprint density at radius 3 is 3.05 bits per heavy atom. The first-order valence-corrected chi connectivity index (χ1v) is 6.58. The molecule has 1 aliphatic rings. The molecule has 1 aromatic heterocycles. The Balaban J connectivity index is 2.10. The summed E-state index contributed by atoms with van der Waals surface area (Å²) in [6.45, 7) is 4.21. The van der Waals surface area contributed by atoms with E-state index in [4.69, 9.17) is 4.74 Å². The van der Waals surface area contributed by atoms with Gasteiger partial charge in [-0.15, -0.1) is 0 Å². The van der Waals surface area contributed by atoms with Gasteiger partial charge < -0.3 is 15.0 Å². The van der Waals surface area contributed by atoms with E-state index in [0.29, 0.717) is 11.5 Å². The van der Waals surface area contributed by atoms with Crippen LogP contribution in [0.15, 0.2) is 12.1 Å². The Bertz CT molecular complexity index is 462. The van der Waals surface area contributed by atoms with Gasteiger partial charge in [0.05, 0.1) is 6.61 Å². The molecule has 1 unspecified atom stereocenters. The summed E-state index contributed by atoms with van der Waals surface area (Å²) in [5, 5.41) is 2.98. The van der Waals surface area contributed by atoms with Gasteiger partial charge in [-0.25, -0.2) is 4.98 Å². The number of anilines is 1. The Labute approximate surface area is 114 Å². The van der Waals surface area contributed by atoms with Gasteiger partial charge in [0.25, 0.3) is 5.91 Å². The average Bonchev–Trinajstić information content (AvgIpc) is 2.86. The Morgan fingerprint density at radius 2 is 2.37 bits per heavy atom. The van der Waals surface area contributed by atoms with Crippen LogP contribution in [0.2, 0.25) is 0 Å². The van der Waals surface area contributed by atoms with Crippen LogP contribution in [0.25, 0.3) is 0 Å². The summed E-state index contributed by atoms with van der Waals surface area (Å²) in [5.41, 5.74) is 1.55. The monoisotopic (exact) mass is 263 g/mol. The maximum atomic E-state index is 12.4. The van der Waals surface area contributed by atoms with E-state index >= 15 is 0 Å². The molecule has 1 aromatic rings. The third-order valence-corrected chi connectivity index (χ3v) is 3.43. The summed E-state index contributed by atoms with van der Waals surface area (Å²) < 4.78 is 5.16. The highest BCUT2D eigenvalue weighted by Gasteiger charge is 2.27. The highest BCUT2D eigenvalue weighted by atomic mass is 16.5. The molecule has 19 heavy (non-hydrogen) atoms. The molecule has 0 bridgehead atoms. The van der Waals surface area contributed by atoms with Crippen LogP contribution in [0, 0.1) is 12.8 Å². The van der Waals surface area contributed by atoms with Crippen molar-refractivity contribution in [3.05, 3.63) is 23.4 Å². The number of aromatic nitrogens is 1. The number of nitrogens with zero attached hydrogens (tertiary/aromatic N) is 2. The predicted molar refractivity (Wildman–Crippen MR) is 74.4 cm³/mol. The molecule has 0 aromatic carbocycles. The van der Waals surface area contributed by atoms with Gasteiger partial charge in [0, 0.05) is 44.4 Å². The number of hydrogen-bond acceptors (Lipinski definition) is 4. The number of likely N-dealkylation sites (tertiary alicyclic amines) is 1. The van der Waals surface area contributed by atoms with Crippen LogP contribution < -0.4 is 5.32 Å². The molecular weight excluding hydrogens is 242 g/mol. The SMILES string of the molecule is CNc1cc(C(=O)N2CCC(COC)C2)cc(C)n1. The first-order chi connectivity index (χ1) is 9.13. The minimum Gasteiger partial charge on any atom is -0.384 e. The highest BCUT2D eigenvalue weighted by molar-refractivity contribution is 5.95. The van der Waals surface area contributed by atoms with E-state index in [-0.39, 0.29) is 5.91 Å². The van der Waals surface area contributed by atoms with E-state index in [1.165, 1.54) is 0 Å². The average molecular weight is 263 g/mol. The molecule has 2 heterocycles. The topological polar surface area (TPSA) is 54.5 Å².